The second-order valence-electron chi connectivity index (χ2n) is 11.5. The third-order valence-corrected chi connectivity index (χ3v) is 10.4. The van der Waals surface area contributed by atoms with Crippen LogP contribution in [0, 0.1) is 40.4 Å². The van der Waals surface area contributed by atoms with Gasteiger partial charge in [0, 0.05) is 18.3 Å². The predicted molar refractivity (Wildman–Crippen MR) is 110 cm³/mol. The molecule has 4 saturated carbocycles. The molecule has 0 bridgehead atoms. The van der Waals surface area contributed by atoms with E-state index in [2.05, 4.69) is 20.8 Å². The van der Waals surface area contributed by atoms with Crippen LogP contribution >= 0.6 is 0 Å². The molecule has 0 radical (unpaired) electrons. The third kappa shape index (κ3) is 3.10. The van der Waals surface area contributed by atoms with Gasteiger partial charge in [0.1, 0.15) is 0 Å². The Bertz CT molecular complexity index is 651. The fraction of sp³-hybridized carbons (Fsp3) is 0.958. The molecular weight excluding hydrogens is 368 g/mol. The number of hydrogen-bond donors (Lipinski definition) is 4. The lowest BCUT2D eigenvalue weighted by atomic mass is 9.42. The average Bonchev–Trinajstić information content (AvgIpc) is 3.00. The van der Waals surface area contributed by atoms with Gasteiger partial charge in [-0.3, -0.25) is 4.79 Å². The summed E-state index contributed by atoms with van der Waals surface area (Å²) in [5.74, 6) is 1.61. The highest BCUT2D eigenvalue weighted by atomic mass is 16.4. The van der Waals surface area contributed by atoms with E-state index in [4.69, 9.17) is 5.11 Å². The van der Waals surface area contributed by atoms with Crippen molar-refractivity contribution in [3.63, 3.8) is 0 Å². The maximum Gasteiger partial charge on any atom is 0.303 e. The Morgan fingerprint density at radius 2 is 1.79 bits per heavy atom. The van der Waals surface area contributed by atoms with Crippen LogP contribution in [0.5, 0.6) is 0 Å². The molecule has 0 aromatic carbocycles. The zero-order chi connectivity index (χ0) is 21.2. The normalized spacial score (nSPS) is 52.9. The van der Waals surface area contributed by atoms with Crippen molar-refractivity contribution in [2.75, 3.05) is 0 Å². The molecule has 29 heavy (non-hydrogen) atoms. The Balaban J connectivity index is 1.58. The Kier molecular flexibility index (Phi) is 5.36. The maximum absolute atomic E-state index is 11.5. The van der Waals surface area contributed by atoms with Gasteiger partial charge in [-0.25, -0.2) is 0 Å². The highest BCUT2D eigenvalue weighted by Gasteiger charge is 2.67. The molecule has 4 N–H and O–H groups in total. The average molecular weight is 409 g/mol. The highest BCUT2D eigenvalue weighted by molar-refractivity contribution is 5.66. The van der Waals surface area contributed by atoms with E-state index in [0.717, 1.165) is 38.5 Å². The molecular formula is C24H40O5. The van der Waals surface area contributed by atoms with Crippen LogP contribution in [0.1, 0.15) is 85.0 Å². The molecule has 166 valence electrons. The molecule has 4 aliphatic rings. The highest BCUT2D eigenvalue weighted by Crippen LogP contribution is 2.69. The van der Waals surface area contributed by atoms with E-state index in [1.165, 1.54) is 0 Å². The van der Waals surface area contributed by atoms with Crippen LogP contribution < -0.4 is 0 Å². The van der Waals surface area contributed by atoms with Crippen LogP contribution in [-0.4, -0.2) is 44.2 Å². The number of carbonyl (C=O) groups is 1. The zero-order valence-electron chi connectivity index (χ0n) is 18.3. The largest absolute Gasteiger partial charge is 0.481 e. The fourth-order valence-corrected chi connectivity index (χ4v) is 8.79. The van der Waals surface area contributed by atoms with Crippen LogP contribution in [0.15, 0.2) is 0 Å². The third-order valence-electron chi connectivity index (χ3n) is 10.4. The smallest absolute Gasteiger partial charge is 0.303 e. The second kappa shape index (κ2) is 7.20. The first-order chi connectivity index (χ1) is 13.5. The molecule has 4 aliphatic carbocycles. The number of rotatable bonds is 4. The molecule has 4 fully saturated rings. The van der Waals surface area contributed by atoms with Crippen LogP contribution in [0.2, 0.25) is 0 Å². The van der Waals surface area contributed by atoms with E-state index in [9.17, 15) is 20.1 Å². The first kappa shape index (κ1) is 21.6. The van der Waals surface area contributed by atoms with E-state index in [1.807, 2.05) is 0 Å². The van der Waals surface area contributed by atoms with Crippen molar-refractivity contribution >= 4 is 5.97 Å². The summed E-state index contributed by atoms with van der Waals surface area (Å²) in [6.07, 6.45) is 6.65. The SMILES string of the molecule is C[C@@H](CCC(=O)O)[C@H]1CCC2C3C[C@@H](O)[C@]4(O)C[C@@H](O)CC[C@]4(C)C3CC[C@@]21C. The Morgan fingerprint density at radius 3 is 2.48 bits per heavy atom. The molecule has 4 rings (SSSR count). The van der Waals surface area contributed by atoms with Gasteiger partial charge in [-0.1, -0.05) is 20.8 Å². The summed E-state index contributed by atoms with van der Waals surface area (Å²) in [5.41, 5.74) is -1.30. The number of aliphatic hydroxyl groups is 3. The Hall–Kier alpha value is -0.650. The summed E-state index contributed by atoms with van der Waals surface area (Å²) >= 11 is 0. The molecule has 0 heterocycles. The summed E-state index contributed by atoms with van der Waals surface area (Å²) in [6, 6.07) is 0. The number of carboxylic acid groups (broad SMARTS) is 1. The molecule has 0 aliphatic heterocycles. The topological polar surface area (TPSA) is 98.0 Å². The van der Waals surface area contributed by atoms with Crippen molar-refractivity contribution in [3.05, 3.63) is 0 Å². The molecule has 3 unspecified atom stereocenters. The van der Waals surface area contributed by atoms with Crippen molar-refractivity contribution in [2.24, 2.45) is 40.4 Å². The van der Waals surface area contributed by atoms with E-state index >= 15 is 0 Å². The van der Waals surface area contributed by atoms with Crippen molar-refractivity contribution < 1.29 is 25.2 Å². The van der Waals surface area contributed by atoms with Crippen LogP contribution in [0.4, 0.5) is 0 Å². The monoisotopic (exact) mass is 408 g/mol. The standard InChI is InChI=1S/C24H40O5/c1-14(4-7-21(27)28)17-5-6-18-16-12-20(26)24(29)13-15(25)8-11-23(24,3)19(16)9-10-22(17,18)2/h14-20,25-26,29H,4-13H2,1-3H3,(H,27,28)/t14-,15-,16?,17+,18?,19?,20+,22+,23+,24+/m0/s1. The Labute approximate surface area is 174 Å². The molecule has 0 spiro atoms. The first-order valence-corrected chi connectivity index (χ1v) is 11.8. The number of hydrogen-bond acceptors (Lipinski definition) is 4. The predicted octanol–water partition coefficient (Wildman–Crippen LogP) is 3.59. The summed E-state index contributed by atoms with van der Waals surface area (Å²) in [6.45, 7) is 6.82. The van der Waals surface area contributed by atoms with Gasteiger partial charge < -0.3 is 20.4 Å². The minimum absolute atomic E-state index is 0.207. The molecule has 5 nitrogen and oxygen atoms in total. The van der Waals surface area contributed by atoms with E-state index < -0.39 is 23.8 Å². The number of aliphatic carboxylic acids is 1. The van der Waals surface area contributed by atoms with Gasteiger partial charge in [-0.2, -0.15) is 0 Å². The van der Waals surface area contributed by atoms with E-state index in [-0.39, 0.29) is 17.3 Å². The first-order valence-electron chi connectivity index (χ1n) is 11.8. The van der Waals surface area contributed by atoms with Gasteiger partial charge in [0.2, 0.25) is 0 Å². The molecule has 5 heteroatoms. The molecule has 0 aromatic heterocycles. The number of fused-ring (bicyclic) bond motifs is 5. The van der Waals surface area contributed by atoms with Gasteiger partial charge in [-0.15, -0.1) is 0 Å². The van der Waals surface area contributed by atoms with Gasteiger partial charge in [0.25, 0.3) is 0 Å². The zero-order valence-corrected chi connectivity index (χ0v) is 18.3. The van der Waals surface area contributed by atoms with Crippen molar-refractivity contribution in [1.29, 1.82) is 0 Å². The maximum atomic E-state index is 11.5. The van der Waals surface area contributed by atoms with Crippen molar-refractivity contribution in [2.45, 2.75) is 103 Å². The lowest BCUT2D eigenvalue weighted by Gasteiger charge is -2.65. The lowest BCUT2D eigenvalue weighted by molar-refractivity contribution is -0.264. The lowest BCUT2D eigenvalue weighted by Crippen LogP contribution is -2.68. The van der Waals surface area contributed by atoms with Gasteiger partial charge in [0.15, 0.2) is 0 Å². The summed E-state index contributed by atoms with van der Waals surface area (Å²) in [7, 11) is 0. The van der Waals surface area contributed by atoms with E-state index in [1.54, 1.807) is 0 Å². The summed E-state index contributed by atoms with van der Waals surface area (Å²) < 4.78 is 0. The Morgan fingerprint density at radius 1 is 1.07 bits per heavy atom. The van der Waals surface area contributed by atoms with Gasteiger partial charge >= 0.3 is 5.97 Å². The van der Waals surface area contributed by atoms with Gasteiger partial charge in [0.05, 0.1) is 17.8 Å². The summed E-state index contributed by atoms with van der Waals surface area (Å²) in [4.78, 5) is 11.1. The fourth-order valence-electron chi connectivity index (χ4n) is 8.79. The number of aliphatic hydroxyl groups excluding tert-OH is 2. The van der Waals surface area contributed by atoms with Crippen LogP contribution in [0.25, 0.3) is 0 Å². The van der Waals surface area contributed by atoms with E-state index in [0.29, 0.717) is 48.9 Å². The summed E-state index contributed by atoms with van der Waals surface area (Å²) in [5, 5.41) is 41.9. The minimum atomic E-state index is -1.17. The quantitative estimate of drug-likeness (QED) is 0.570. The minimum Gasteiger partial charge on any atom is -0.481 e. The van der Waals surface area contributed by atoms with Gasteiger partial charge in [-0.05, 0) is 86.4 Å². The molecule has 10 atom stereocenters. The van der Waals surface area contributed by atoms with Crippen molar-refractivity contribution in [3.8, 4) is 0 Å². The molecule has 0 aromatic rings. The second-order valence-corrected chi connectivity index (χ2v) is 11.5. The van der Waals surface area contributed by atoms with Crippen molar-refractivity contribution in [1.82, 2.24) is 0 Å². The number of carboxylic acids is 1. The molecule has 0 saturated heterocycles. The van der Waals surface area contributed by atoms with Crippen LogP contribution in [-0.2, 0) is 4.79 Å². The van der Waals surface area contributed by atoms with Crippen LogP contribution in [0.3, 0.4) is 0 Å². The molecule has 0 amide bonds.